The second-order valence-electron chi connectivity index (χ2n) is 4.54. The lowest BCUT2D eigenvalue weighted by atomic mass is 10.2. The molecular formula is C14H14BrClN2O4. The number of nitrogens with zero attached hydrogens (tertiary/aromatic N) is 1. The topological polar surface area (TPSA) is 78.9 Å². The maximum Gasteiger partial charge on any atom is 0.337 e. The zero-order chi connectivity index (χ0) is 16.3. The van der Waals surface area contributed by atoms with Gasteiger partial charge in [0.2, 0.25) is 0 Å². The number of carbonyl (C=O) groups excluding carboxylic acids is 2. The number of anilines is 1. The lowest BCUT2D eigenvalue weighted by molar-refractivity contribution is -0.136. The molecule has 2 N–H and O–H groups in total. The maximum absolute atomic E-state index is 12.3. The van der Waals surface area contributed by atoms with Gasteiger partial charge in [-0.3, -0.25) is 4.79 Å². The van der Waals surface area contributed by atoms with E-state index in [-0.39, 0.29) is 36.9 Å². The Morgan fingerprint density at radius 3 is 2.86 bits per heavy atom. The molecule has 0 fully saturated rings. The second-order valence-corrected chi connectivity index (χ2v) is 5.87. The molecule has 1 aliphatic heterocycles. The summed E-state index contributed by atoms with van der Waals surface area (Å²) in [5.41, 5.74) is 0.824. The predicted molar refractivity (Wildman–Crippen MR) is 85.5 cm³/mol. The van der Waals surface area contributed by atoms with Crippen LogP contribution in [0.5, 0.6) is 0 Å². The number of amides is 1. The zero-order valence-corrected chi connectivity index (χ0v) is 14.1. The maximum atomic E-state index is 12.3. The third kappa shape index (κ3) is 3.43. The Morgan fingerprint density at radius 1 is 1.55 bits per heavy atom. The molecule has 1 aromatic carbocycles. The van der Waals surface area contributed by atoms with E-state index in [1.165, 1.54) is 12.0 Å². The van der Waals surface area contributed by atoms with Crippen molar-refractivity contribution < 1.29 is 19.4 Å². The van der Waals surface area contributed by atoms with Gasteiger partial charge in [-0.15, -0.1) is 0 Å². The Kier molecular flexibility index (Phi) is 5.44. The summed E-state index contributed by atoms with van der Waals surface area (Å²) < 4.78 is 5.50. The smallest absolute Gasteiger partial charge is 0.337 e. The van der Waals surface area contributed by atoms with Gasteiger partial charge in [-0.1, -0.05) is 27.5 Å². The molecule has 1 amide bonds. The molecule has 0 unspecified atom stereocenters. The minimum absolute atomic E-state index is 0.0859. The van der Waals surface area contributed by atoms with Gasteiger partial charge in [-0.2, -0.15) is 0 Å². The van der Waals surface area contributed by atoms with E-state index in [4.69, 9.17) is 21.4 Å². The predicted octanol–water partition coefficient (Wildman–Crippen LogP) is 1.78. The molecule has 0 spiro atoms. The van der Waals surface area contributed by atoms with Crippen LogP contribution < -0.4 is 5.32 Å². The highest BCUT2D eigenvalue weighted by Crippen LogP contribution is 2.29. The third-order valence-electron chi connectivity index (χ3n) is 3.14. The summed E-state index contributed by atoms with van der Waals surface area (Å²) in [7, 11) is 1.25. The van der Waals surface area contributed by atoms with Crippen LogP contribution in [0, 0.1) is 0 Å². The number of aliphatic hydroxyl groups is 1. The van der Waals surface area contributed by atoms with Crippen LogP contribution in [0.3, 0.4) is 0 Å². The number of aliphatic hydroxyl groups excluding tert-OH is 1. The summed E-state index contributed by atoms with van der Waals surface area (Å²) in [6.45, 7) is 0.0354. The SMILES string of the molecule is COC(=O)C1=C(Nc2ccc(Br)cc2Cl)C(=O)N(CCO)C1. The molecule has 8 heteroatoms. The number of nitrogens with one attached hydrogen (secondary N) is 1. The van der Waals surface area contributed by atoms with Crippen molar-refractivity contribution in [3.63, 3.8) is 0 Å². The van der Waals surface area contributed by atoms with Gasteiger partial charge in [0, 0.05) is 11.0 Å². The van der Waals surface area contributed by atoms with E-state index in [1.807, 2.05) is 0 Å². The van der Waals surface area contributed by atoms with Gasteiger partial charge < -0.3 is 20.1 Å². The van der Waals surface area contributed by atoms with E-state index in [0.29, 0.717) is 10.7 Å². The Morgan fingerprint density at radius 2 is 2.27 bits per heavy atom. The number of benzene rings is 1. The largest absolute Gasteiger partial charge is 0.466 e. The van der Waals surface area contributed by atoms with E-state index >= 15 is 0 Å². The molecule has 0 bridgehead atoms. The molecule has 2 rings (SSSR count). The fourth-order valence-corrected chi connectivity index (χ4v) is 2.80. The summed E-state index contributed by atoms with van der Waals surface area (Å²) in [4.78, 5) is 25.6. The molecule has 0 aliphatic carbocycles. The molecule has 1 aromatic rings. The highest BCUT2D eigenvalue weighted by atomic mass is 79.9. The van der Waals surface area contributed by atoms with Crippen LogP contribution in [-0.2, 0) is 14.3 Å². The standard InChI is InChI=1S/C14H14BrClN2O4/c1-22-14(21)9-7-18(4-5-19)13(20)12(9)17-11-3-2-8(15)6-10(11)16/h2-3,6,17,19H,4-5,7H2,1H3. The Balaban J connectivity index is 2.34. The van der Waals surface area contributed by atoms with Gasteiger partial charge >= 0.3 is 5.97 Å². The van der Waals surface area contributed by atoms with Gasteiger partial charge in [0.1, 0.15) is 5.70 Å². The molecule has 6 nitrogen and oxygen atoms in total. The molecule has 22 heavy (non-hydrogen) atoms. The molecule has 0 saturated carbocycles. The van der Waals surface area contributed by atoms with E-state index < -0.39 is 5.97 Å². The summed E-state index contributed by atoms with van der Waals surface area (Å²) >= 11 is 9.41. The van der Waals surface area contributed by atoms with Crippen LogP contribution in [0.4, 0.5) is 5.69 Å². The molecule has 0 atom stereocenters. The highest BCUT2D eigenvalue weighted by molar-refractivity contribution is 9.10. The van der Waals surface area contributed by atoms with Crippen molar-refractivity contribution in [3.05, 3.63) is 39.0 Å². The quantitative estimate of drug-likeness (QED) is 0.751. The summed E-state index contributed by atoms with van der Waals surface area (Å²) in [5.74, 6) is -0.974. The van der Waals surface area contributed by atoms with Gasteiger partial charge in [-0.25, -0.2) is 4.79 Å². The van der Waals surface area contributed by atoms with Crippen LogP contribution in [-0.4, -0.2) is 48.7 Å². The zero-order valence-electron chi connectivity index (χ0n) is 11.7. The van der Waals surface area contributed by atoms with Crippen molar-refractivity contribution >= 4 is 45.1 Å². The number of halogens is 2. The number of β-amino-alcohol motifs (C(OH)–C–C–N with tert-alkyl or cyclic N) is 1. The lowest BCUT2D eigenvalue weighted by Gasteiger charge is -2.15. The van der Waals surface area contributed by atoms with Crippen LogP contribution in [0.1, 0.15) is 0 Å². The molecule has 0 aromatic heterocycles. The summed E-state index contributed by atoms with van der Waals surface area (Å²) in [6.07, 6.45) is 0. The fraction of sp³-hybridized carbons (Fsp3) is 0.286. The van der Waals surface area contributed by atoms with Crippen molar-refractivity contribution in [3.8, 4) is 0 Å². The normalized spacial score (nSPS) is 14.5. The molecule has 0 radical (unpaired) electrons. The van der Waals surface area contributed by atoms with Gasteiger partial charge in [-0.05, 0) is 18.2 Å². The van der Waals surface area contributed by atoms with E-state index in [1.54, 1.807) is 18.2 Å². The number of esters is 1. The molecule has 0 saturated heterocycles. The lowest BCUT2D eigenvalue weighted by Crippen LogP contribution is -2.31. The van der Waals surface area contributed by atoms with Crippen LogP contribution in [0.2, 0.25) is 5.02 Å². The van der Waals surface area contributed by atoms with Crippen molar-refractivity contribution in [2.45, 2.75) is 0 Å². The fourth-order valence-electron chi connectivity index (χ4n) is 2.07. The summed E-state index contributed by atoms with van der Waals surface area (Å²) in [6, 6.07) is 5.13. The van der Waals surface area contributed by atoms with Crippen molar-refractivity contribution in [1.82, 2.24) is 4.90 Å². The number of methoxy groups -OCH3 is 1. The monoisotopic (exact) mass is 388 g/mol. The molecule has 1 heterocycles. The van der Waals surface area contributed by atoms with Crippen molar-refractivity contribution in [2.24, 2.45) is 0 Å². The molecule has 1 aliphatic rings. The Labute approximate surface area is 140 Å². The Bertz CT molecular complexity index is 648. The minimum Gasteiger partial charge on any atom is -0.466 e. The van der Waals surface area contributed by atoms with Crippen LogP contribution in [0.15, 0.2) is 33.9 Å². The summed E-state index contributed by atoms with van der Waals surface area (Å²) in [5, 5.41) is 12.3. The first-order chi connectivity index (χ1) is 10.5. The van der Waals surface area contributed by atoms with Gasteiger partial charge in [0.05, 0.1) is 36.5 Å². The molecule has 118 valence electrons. The number of ether oxygens (including phenoxy) is 1. The Hall–Kier alpha value is -1.57. The van der Waals surface area contributed by atoms with Crippen molar-refractivity contribution in [2.75, 3.05) is 32.1 Å². The second kappa shape index (κ2) is 7.13. The number of hydrogen-bond acceptors (Lipinski definition) is 5. The highest BCUT2D eigenvalue weighted by Gasteiger charge is 2.34. The van der Waals surface area contributed by atoms with Crippen molar-refractivity contribution in [1.29, 1.82) is 0 Å². The average Bonchev–Trinajstić information content (AvgIpc) is 2.79. The first kappa shape index (κ1) is 16.8. The first-order valence-corrected chi connectivity index (χ1v) is 7.58. The number of carbonyl (C=O) groups is 2. The number of hydrogen-bond donors (Lipinski definition) is 2. The third-order valence-corrected chi connectivity index (χ3v) is 3.95. The molecular weight excluding hydrogens is 376 g/mol. The van der Waals surface area contributed by atoms with Crippen LogP contribution >= 0.6 is 27.5 Å². The minimum atomic E-state index is -0.593. The van der Waals surface area contributed by atoms with E-state index in [2.05, 4.69) is 21.2 Å². The average molecular weight is 390 g/mol. The van der Waals surface area contributed by atoms with E-state index in [0.717, 1.165) is 4.47 Å². The van der Waals surface area contributed by atoms with Gasteiger partial charge in [0.25, 0.3) is 5.91 Å². The number of rotatable bonds is 5. The van der Waals surface area contributed by atoms with E-state index in [9.17, 15) is 9.59 Å². The van der Waals surface area contributed by atoms with Gasteiger partial charge in [0.15, 0.2) is 0 Å². The first-order valence-electron chi connectivity index (χ1n) is 6.41. The van der Waals surface area contributed by atoms with Crippen LogP contribution in [0.25, 0.3) is 0 Å².